The fourth-order valence-corrected chi connectivity index (χ4v) is 1.52. The molecule has 4 nitrogen and oxygen atoms in total. The maximum Gasteiger partial charge on any atom is 0.220 e. The summed E-state index contributed by atoms with van der Waals surface area (Å²) in [6, 6.07) is 7.39. The monoisotopic (exact) mass is 234 g/mol. The molecule has 92 valence electrons. The Balaban J connectivity index is 2.56. The number of rotatable bonds is 6. The number of nitrogens with one attached hydrogen (secondary N) is 2. The number of amides is 2. The van der Waals surface area contributed by atoms with E-state index in [1.165, 1.54) is 0 Å². The second-order valence-electron chi connectivity index (χ2n) is 4.29. The molecule has 2 N–H and O–H groups in total. The summed E-state index contributed by atoms with van der Waals surface area (Å²) in [5.41, 5.74) is 1.63. The summed E-state index contributed by atoms with van der Waals surface area (Å²) >= 11 is 0. The first-order valence-corrected chi connectivity index (χ1v) is 5.68. The van der Waals surface area contributed by atoms with Crippen molar-refractivity contribution in [1.82, 2.24) is 5.32 Å². The number of carbonyl (C=O) groups is 2. The first-order chi connectivity index (χ1) is 8.13. The van der Waals surface area contributed by atoms with Gasteiger partial charge in [0.2, 0.25) is 12.3 Å². The second-order valence-corrected chi connectivity index (χ2v) is 4.29. The van der Waals surface area contributed by atoms with Gasteiger partial charge in [0.05, 0.1) is 0 Å². The molecule has 0 atom stereocenters. The van der Waals surface area contributed by atoms with Crippen LogP contribution in [0.4, 0.5) is 5.69 Å². The fraction of sp³-hybridized carbons (Fsp3) is 0.385. The molecular weight excluding hydrogens is 216 g/mol. The average molecular weight is 234 g/mol. The Morgan fingerprint density at radius 3 is 2.71 bits per heavy atom. The first kappa shape index (κ1) is 13.2. The molecule has 0 fully saturated rings. The molecule has 0 radical (unpaired) electrons. The SMILES string of the molecule is CC(C)CC(=O)NCc1ccccc1NC=O. The first-order valence-electron chi connectivity index (χ1n) is 5.68. The van der Waals surface area contributed by atoms with Gasteiger partial charge in [0, 0.05) is 18.7 Å². The van der Waals surface area contributed by atoms with E-state index in [-0.39, 0.29) is 5.91 Å². The van der Waals surface area contributed by atoms with Gasteiger partial charge < -0.3 is 10.6 Å². The topological polar surface area (TPSA) is 58.2 Å². The van der Waals surface area contributed by atoms with Crippen LogP contribution in [-0.4, -0.2) is 12.3 Å². The second kappa shape index (κ2) is 6.68. The summed E-state index contributed by atoms with van der Waals surface area (Å²) in [5.74, 6) is 0.374. The number of hydrogen-bond acceptors (Lipinski definition) is 2. The van der Waals surface area contributed by atoms with Crippen molar-refractivity contribution in [2.45, 2.75) is 26.8 Å². The van der Waals surface area contributed by atoms with Gasteiger partial charge in [-0.3, -0.25) is 9.59 Å². The van der Waals surface area contributed by atoms with Crippen molar-refractivity contribution in [2.24, 2.45) is 5.92 Å². The van der Waals surface area contributed by atoms with E-state index in [9.17, 15) is 9.59 Å². The van der Waals surface area contributed by atoms with Crippen LogP contribution in [0.3, 0.4) is 0 Å². The molecule has 0 aliphatic carbocycles. The summed E-state index contributed by atoms with van der Waals surface area (Å²) < 4.78 is 0. The minimum Gasteiger partial charge on any atom is -0.352 e. The molecule has 4 heteroatoms. The third kappa shape index (κ3) is 4.68. The number of carbonyl (C=O) groups excluding carboxylic acids is 2. The largest absolute Gasteiger partial charge is 0.352 e. The summed E-state index contributed by atoms with van der Waals surface area (Å²) in [7, 11) is 0. The van der Waals surface area contributed by atoms with Crippen molar-refractivity contribution in [2.75, 3.05) is 5.32 Å². The molecule has 0 saturated heterocycles. The summed E-state index contributed by atoms with van der Waals surface area (Å²) in [6.45, 7) is 4.44. The summed E-state index contributed by atoms with van der Waals surface area (Å²) in [6.07, 6.45) is 1.15. The van der Waals surface area contributed by atoms with Gasteiger partial charge in [-0.2, -0.15) is 0 Å². The number of benzene rings is 1. The van der Waals surface area contributed by atoms with Gasteiger partial charge >= 0.3 is 0 Å². The molecule has 17 heavy (non-hydrogen) atoms. The molecule has 0 saturated carbocycles. The number of hydrogen-bond donors (Lipinski definition) is 2. The standard InChI is InChI=1S/C13H18N2O2/c1-10(2)7-13(17)14-8-11-5-3-4-6-12(11)15-9-16/h3-6,9-10H,7-8H2,1-2H3,(H,14,17)(H,15,16). The smallest absolute Gasteiger partial charge is 0.220 e. The van der Waals surface area contributed by atoms with Gasteiger partial charge in [-0.05, 0) is 17.5 Å². The number of para-hydroxylation sites is 1. The minimum atomic E-state index is 0.0286. The normalized spacial score (nSPS) is 10.1. The maximum absolute atomic E-state index is 11.5. The molecular formula is C13H18N2O2. The predicted molar refractivity (Wildman–Crippen MR) is 67.4 cm³/mol. The minimum absolute atomic E-state index is 0.0286. The van der Waals surface area contributed by atoms with Crippen LogP contribution < -0.4 is 10.6 Å². The third-order valence-corrected chi connectivity index (χ3v) is 2.30. The lowest BCUT2D eigenvalue weighted by atomic mass is 10.1. The van der Waals surface area contributed by atoms with Gasteiger partial charge in [0.15, 0.2) is 0 Å². The van der Waals surface area contributed by atoms with Gasteiger partial charge in [-0.25, -0.2) is 0 Å². The molecule has 0 aliphatic rings. The van der Waals surface area contributed by atoms with E-state index >= 15 is 0 Å². The Bertz CT molecular complexity index is 389. The summed E-state index contributed by atoms with van der Waals surface area (Å²) in [5, 5.41) is 5.44. The highest BCUT2D eigenvalue weighted by Crippen LogP contribution is 2.13. The Morgan fingerprint density at radius 1 is 1.35 bits per heavy atom. The van der Waals surface area contributed by atoms with Crippen molar-refractivity contribution in [3.8, 4) is 0 Å². The van der Waals surface area contributed by atoms with Crippen LogP contribution in [0.25, 0.3) is 0 Å². The highest BCUT2D eigenvalue weighted by molar-refractivity contribution is 5.77. The van der Waals surface area contributed by atoms with E-state index < -0.39 is 0 Å². The zero-order valence-electron chi connectivity index (χ0n) is 10.2. The van der Waals surface area contributed by atoms with Gasteiger partial charge in [-0.1, -0.05) is 32.0 Å². The van der Waals surface area contributed by atoms with Crippen LogP contribution in [0.15, 0.2) is 24.3 Å². The predicted octanol–water partition coefficient (Wildman–Crippen LogP) is 1.92. The third-order valence-electron chi connectivity index (χ3n) is 2.30. The quantitative estimate of drug-likeness (QED) is 0.739. The van der Waals surface area contributed by atoms with Crippen LogP contribution in [-0.2, 0) is 16.1 Å². The molecule has 0 unspecified atom stereocenters. The maximum atomic E-state index is 11.5. The van der Waals surface area contributed by atoms with Crippen LogP contribution >= 0.6 is 0 Å². The molecule has 0 aromatic heterocycles. The van der Waals surface area contributed by atoms with Crippen LogP contribution in [0, 0.1) is 5.92 Å². The van der Waals surface area contributed by atoms with E-state index in [4.69, 9.17) is 0 Å². The molecule has 2 amide bonds. The van der Waals surface area contributed by atoms with Gasteiger partial charge in [-0.15, -0.1) is 0 Å². The molecule has 1 aromatic rings. The van der Waals surface area contributed by atoms with Crippen LogP contribution in [0.2, 0.25) is 0 Å². The Kier molecular flexibility index (Phi) is 5.20. The Hall–Kier alpha value is -1.84. The van der Waals surface area contributed by atoms with E-state index in [2.05, 4.69) is 10.6 Å². The molecule has 0 aliphatic heterocycles. The lowest BCUT2D eigenvalue weighted by Gasteiger charge is -2.10. The fourth-order valence-electron chi connectivity index (χ4n) is 1.52. The zero-order valence-corrected chi connectivity index (χ0v) is 10.2. The van der Waals surface area contributed by atoms with Crippen molar-refractivity contribution < 1.29 is 9.59 Å². The highest BCUT2D eigenvalue weighted by atomic mass is 16.1. The van der Waals surface area contributed by atoms with E-state index in [0.717, 1.165) is 11.3 Å². The lowest BCUT2D eigenvalue weighted by molar-refractivity contribution is -0.121. The lowest BCUT2D eigenvalue weighted by Crippen LogP contribution is -2.24. The van der Waals surface area contributed by atoms with Crippen LogP contribution in [0.5, 0.6) is 0 Å². The Morgan fingerprint density at radius 2 is 2.06 bits per heavy atom. The highest BCUT2D eigenvalue weighted by Gasteiger charge is 2.06. The van der Waals surface area contributed by atoms with Crippen molar-refractivity contribution in [3.63, 3.8) is 0 Å². The van der Waals surface area contributed by atoms with Gasteiger partial charge in [0.25, 0.3) is 0 Å². The Labute approximate surface area is 101 Å². The van der Waals surface area contributed by atoms with E-state index in [0.29, 0.717) is 25.3 Å². The van der Waals surface area contributed by atoms with Gasteiger partial charge in [0.1, 0.15) is 0 Å². The molecule has 1 rings (SSSR count). The average Bonchev–Trinajstić information content (AvgIpc) is 2.27. The number of anilines is 1. The van der Waals surface area contributed by atoms with E-state index in [1.807, 2.05) is 32.0 Å². The van der Waals surface area contributed by atoms with Crippen molar-refractivity contribution >= 4 is 18.0 Å². The van der Waals surface area contributed by atoms with Crippen molar-refractivity contribution in [3.05, 3.63) is 29.8 Å². The molecule has 0 bridgehead atoms. The molecule has 0 spiro atoms. The zero-order chi connectivity index (χ0) is 12.7. The van der Waals surface area contributed by atoms with Crippen molar-refractivity contribution in [1.29, 1.82) is 0 Å². The van der Waals surface area contributed by atoms with Crippen LogP contribution in [0.1, 0.15) is 25.8 Å². The van der Waals surface area contributed by atoms with E-state index in [1.54, 1.807) is 6.07 Å². The summed E-state index contributed by atoms with van der Waals surface area (Å²) in [4.78, 5) is 21.9. The molecule has 0 heterocycles. The molecule has 1 aromatic carbocycles.